The smallest absolute Gasteiger partial charge is 0.273 e. The summed E-state index contributed by atoms with van der Waals surface area (Å²) in [4.78, 5) is 20.9. The van der Waals surface area contributed by atoms with Crippen molar-refractivity contribution in [3.8, 4) is 5.75 Å². The maximum atomic E-state index is 10.8. The van der Waals surface area contributed by atoms with E-state index in [2.05, 4.69) is 0 Å². The van der Waals surface area contributed by atoms with E-state index >= 15 is 0 Å². The molecule has 17 heavy (non-hydrogen) atoms. The number of hydrogen-bond donors (Lipinski definition) is 1. The molecule has 0 heterocycles. The fraction of sp³-hybridized carbons (Fsp3) is 0.300. The van der Waals surface area contributed by atoms with Crippen molar-refractivity contribution < 1.29 is 14.5 Å². The fourth-order valence-electron chi connectivity index (χ4n) is 1.31. The molecule has 0 saturated carbocycles. The number of alkyl halides is 1. The molecule has 7 heteroatoms. The van der Waals surface area contributed by atoms with Gasteiger partial charge >= 0.3 is 0 Å². The van der Waals surface area contributed by atoms with Gasteiger partial charge < -0.3 is 10.5 Å². The minimum absolute atomic E-state index is 0.0872. The summed E-state index contributed by atoms with van der Waals surface area (Å²) in [6.45, 7) is 0. The maximum absolute atomic E-state index is 10.8. The van der Waals surface area contributed by atoms with Crippen molar-refractivity contribution in [1.29, 1.82) is 0 Å². The van der Waals surface area contributed by atoms with Crippen LogP contribution in [0.15, 0.2) is 18.2 Å². The number of nitrogens with zero attached hydrogens (tertiary/aromatic N) is 1. The lowest BCUT2D eigenvalue weighted by molar-refractivity contribution is -0.384. The highest BCUT2D eigenvalue weighted by atomic mass is 35.5. The first kappa shape index (κ1) is 13.2. The van der Waals surface area contributed by atoms with E-state index in [0.717, 1.165) is 0 Å². The molecule has 92 valence electrons. The van der Waals surface area contributed by atoms with E-state index in [9.17, 15) is 14.9 Å². The van der Waals surface area contributed by atoms with Gasteiger partial charge in [0.1, 0.15) is 11.1 Å². The molecule has 1 aromatic carbocycles. The standard InChI is InChI=1S/C10H11ClN2O4/c1-17-9-5-7(13(15)16)3-2-6(9)4-8(11)10(12)14/h2-3,5,8H,4H2,1H3,(H2,12,14). The molecular formula is C10H11ClN2O4. The molecule has 0 aliphatic rings. The molecule has 0 bridgehead atoms. The van der Waals surface area contributed by atoms with Crippen molar-refractivity contribution in [2.45, 2.75) is 11.8 Å². The number of hydrogen-bond acceptors (Lipinski definition) is 4. The van der Waals surface area contributed by atoms with E-state index in [1.165, 1.54) is 25.3 Å². The molecule has 0 radical (unpaired) electrons. The molecule has 1 aromatic rings. The summed E-state index contributed by atoms with van der Waals surface area (Å²) >= 11 is 5.72. The lowest BCUT2D eigenvalue weighted by atomic mass is 10.1. The van der Waals surface area contributed by atoms with Gasteiger partial charge in [0.15, 0.2) is 0 Å². The number of primary amides is 1. The van der Waals surface area contributed by atoms with Gasteiger partial charge in [0.25, 0.3) is 5.69 Å². The number of methoxy groups -OCH3 is 1. The Labute approximate surface area is 102 Å². The Hall–Kier alpha value is -1.82. The molecule has 0 saturated heterocycles. The number of nitrogens with two attached hydrogens (primary N) is 1. The van der Waals surface area contributed by atoms with Crippen LogP contribution in [0.25, 0.3) is 0 Å². The lowest BCUT2D eigenvalue weighted by Crippen LogP contribution is -2.25. The van der Waals surface area contributed by atoms with Crippen molar-refractivity contribution in [3.05, 3.63) is 33.9 Å². The van der Waals surface area contributed by atoms with Crippen molar-refractivity contribution in [2.24, 2.45) is 5.73 Å². The fourth-order valence-corrected chi connectivity index (χ4v) is 1.48. The Morgan fingerprint density at radius 2 is 2.29 bits per heavy atom. The van der Waals surface area contributed by atoms with Crippen molar-refractivity contribution in [1.82, 2.24) is 0 Å². The molecule has 1 atom stereocenters. The van der Waals surface area contributed by atoms with Crippen molar-refractivity contribution >= 4 is 23.2 Å². The number of rotatable bonds is 5. The first-order valence-corrected chi connectivity index (χ1v) is 5.14. The summed E-state index contributed by atoms with van der Waals surface area (Å²) in [6.07, 6.45) is 0.165. The minimum atomic E-state index is -0.870. The summed E-state index contributed by atoms with van der Waals surface area (Å²) in [5, 5.41) is 9.69. The van der Waals surface area contributed by atoms with Crippen LogP contribution in [0.1, 0.15) is 5.56 Å². The molecule has 2 N–H and O–H groups in total. The monoisotopic (exact) mass is 258 g/mol. The molecular weight excluding hydrogens is 248 g/mol. The van der Waals surface area contributed by atoms with Gasteiger partial charge in [-0.3, -0.25) is 14.9 Å². The van der Waals surface area contributed by atoms with Gasteiger partial charge in [0.05, 0.1) is 18.1 Å². The second-order valence-electron chi connectivity index (χ2n) is 3.33. The van der Waals surface area contributed by atoms with Gasteiger partial charge in [-0.05, 0) is 11.6 Å². The molecule has 1 amide bonds. The molecule has 1 rings (SSSR count). The van der Waals surface area contributed by atoms with Crippen LogP contribution in [-0.2, 0) is 11.2 Å². The van der Waals surface area contributed by atoms with Gasteiger partial charge in [0.2, 0.25) is 5.91 Å². The molecule has 6 nitrogen and oxygen atoms in total. The molecule has 0 spiro atoms. The van der Waals surface area contributed by atoms with E-state index in [4.69, 9.17) is 22.1 Å². The summed E-state index contributed by atoms with van der Waals surface area (Å²) < 4.78 is 5.00. The quantitative estimate of drug-likeness (QED) is 0.488. The summed E-state index contributed by atoms with van der Waals surface area (Å²) in [5.41, 5.74) is 5.54. The minimum Gasteiger partial charge on any atom is -0.496 e. The first-order valence-electron chi connectivity index (χ1n) is 4.70. The SMILES string of the molecule is COc1cc([N+](=O)[O-])ccc1CC(Cl)C(N)=O. The molecule has 1 unspecified atom stereocenters. The third kappa shape index (κ3) is 3.32. The lowest BCUT2D eigenvalue weighted by Gasteiger charge is -2.10. The molecule has 0 aromatic heterocycles. The predicted octanol–water partition coefficient (Wildman–Crippen LogP) is 1.24. The van der Waals surface area contributed by atoms with Gasteiger partial charge in [-0.25, -0.2) is 0 Å². The Balaban J connectivity index is 3.00. The van der Waals surface area contributed by atoms with E-state index < -0.39 is 16.2 Å². The van der Waals surface area contributed by atoms with Gasteiger partial charge in [-0.1, -0.05) is 0 Å². The molecule has 0 fully saturated rings. The maximum Gasteiger partial charge on any atom is 0.273 e. The number of non-ortho nitro benzene ring substituents is 1. The van der Waals surface area contributed by atoms with Crippen molar-refractivity contribution in [2.75, 3.05) is 7.11 Å². The van der Waals surface area contributed by atoms with E-state index in [0.29, 0.717) is 11.3 Å². The topological polar surface area (TPSA) is 95.5 Å². The van der Waals surface area contributed by atoms with Crippen molar-refractivity contribution in [3.63, 3.8) is 0 Å². The number of halogens is 1. The second kappa shape index (κ2) is 5.49. The normalized spacial score (nSPS) is 11.9. The van der Waals surface area contributed by atoms with Crippen LogP contribution in [0.4, 0.5) is 5.69 Å². The third-order valence-electron chi connectivity index (χ3n) is 2.19. The largest absolute Gasteiger partial charge is 0.496 e. The number of benzene rings is 1. The predicted molar refractivity (Wildman–Crippen MR) is 62.2 cm³/mol. The summed E-state index contributed by atoms with van der Waals surface area (Å²) in [7, 11) is 1.38. The average Bonchev–Trinajstić information content (AvgIpc) is 2.28. The van der Waals surface area contributed by atoms with E-state index in [1.54, 1.807) is 0 Å². The summed E-state index contributed by atoms with van der Waals surface area (Å²) in [6, 6.07) is 4.09. The van der Waals surface area contributed by atoms with Gasteiger partial charge in [0, 0.05) is 12.5 Å². The van der Waals surface area contributed by atoms with E-state index in [1.807, 2.05) is 0 Å². The molecule has 0 aliphatic carbocycles. The third-order valence-corrected chi connectivity index (χ3v) is 2.56. The van der Waals surface area contributed by atoms with Crippen LogP contribution >= 0.6 is 11.6 Å². The summed E-state index contributed by atoms with van der Waals surface area (Å²) in [5.74, 6) is -0.335. The number of carbonyl (C=O) groups is 1. The Morgan fingerprint density at radius 1 is 1.65 bits per heavy atom. The average molecular weight is 259 g/mol. The second-order valence-corrected chi connectivity index (χ2v) is 3.85. The zero-order chi connectivity index (χ0) is 13.0. The number of carbonyl (C=O) groups excluding carboxylic acids is 1. The van der Waals surface area contributed by atoms with Gasteiger partial charge in [-0.2, -0.15) is 0 Å². The van der Waals surface area contributed by atoms with Crippen LogP contribution < -0.4 is 10.5 Å². The Kier molecular flexibility index (Phi) is 4.28. The van der Waals surface area contributed by atoms with Crippen LogP contribution in [0.3, 0.4) is 0 Å². The van der Waals surface area contributed by atoms with Crippen LogP contribution in [0.2, 0.25) is 0 Å². The molecule has 0 aliphatic heterocycles. The number of nitro groups is 1. The highest BCUT2D eigenvalue weighted by molar-refractivity contribution is 6.30. The van der Waals surface area contributed by atoms with Crippen LogP contribution in [0.5, 0.6) is 5.75 Å². The highest BCUT2D eigenvalue weighted by Crippen LogP contribution is 2.26. The van der Waals surface area contributed by atoms with Crippen LogP contribution in [-0.4, -0.2) is 23.3 Å². The van der Waals surface area contributed by atoms with E-state index in [-0.39, 0.29) is 12.1 Å². The number of nitro benzene ring substituents is 1. The van der Waals surface area contributed by atoms with Gasteiger partial charge in [-0.15, -0.1) is 11.6 Å². The highest BCUT2D eigenvalue weighted by Gasteiger charge is 2.17. The number of amides is 1. The zero-order valence-electron chi connectivity index (χ0n) is 9.05. The Bertz CT molecular complexity index is 450. The Morgan fingerprint density at radius 3 is 2.76 bits per heavy atom. The first-order chi connectivity index (χ1) is 7.95. The number of ether oxygens (including phenoxy) is 1. The zero-order valence-corrected chi connectivity index (χ0v) is 9.81. The van der Waals surface area contributed by atoms with Crippen LogP contribution in [0, 0.1) is 10.1 Å².